The van der Waals surface area contributed by atoms with Crippen molar-refractivity contribution in [3.05, 3.63) is 36.8 Å². The van der Waals surface area contributed by atoms with Gasteiger partial charge in [0.15, 0.2) is 0 Å². The number of nitrogens with zero attached hydrogens (tertiary/aromatic N) is 5. The molecule has 2 aliphatic rings. The topological polar surface area (TPSA) is 63.6 Å². The molecule has 4 rings (SSSR count). The molecule has 2 aromatic heterocycles. The van der Waals surface area contributed by atoms with Gasteiger partial charge in [-0.3, -0.25) is 0 Å². The van der Waals surface area contributed by atoms with Gasteiger partial charge in [-0.25, -0.2) is 15.0 Å². The first-order valence-corrected chi connectivity index (χ1v) is 8.60. The van der Waals surface area contributed by atoms with Crippen LogP contribution < -0.4 is 14.5 Å². The van der Waals surface area contributed by atoms with Crippen molar-refractivity contribution in [3.63, 3.8) is 0 Å². The average molecular weight is 341 g/mol. The SMILES string of the molecule is CN(C)c1cc(N2CC3(C[C@H](Oc4ccccn4)CCO3)C2)ncn1. The van der Waals surface area contributed by atoms with Gasteiger partial charge in [0, 0.05) is 45.3 Å². The monoisotopic (exact) mass is 341 g/mol. The Balaban J connectivity index is 1.39. The molecule has 7 heteroatoms. The quantitative estimate of drug-likeness (QED) is 0.839. The van der Waals surface area contributed by atoms with Crippen LogP contribution in [-0.4, -0.2) is 60.4 Å². The number of rotatable bonds is 4. The van der Waals surface area contributed by atoms with E-state index in [2.05, 4.69) is 19.9 Å². The van der Waals surface area contributed by atoms with Crippen molar-refractivity contribution in [2.45, 2.75) is 24.5 Å². The predicted molar refractivity (Wildman–Crippen MR) is 95.1 cm³/mol. The van der Waals surface area contributed by atoms with Crippen molar-refractivity contribution in [2.75, 3.05) is 43.6 Å². The maximum absolute atomic E-state index is 6.10. The van der Waals surface area contributed by atoms with Crippen LogP contribution in [0.5, 0.6) is 5.88 Å². The maximum Gasteiger partial charge on any atom is 0.213 e. The molecule has 7 nitrogen and oxygen atoms in total. The van der Waals surface area contributed by atoms with E-state index in [1.54, 1.807) is 12.5 Å². The van der Waals surface area contributed by atoms with Crippen molar-refractivity contribution in [3.8, 4) is 5.88 Å². The highest BCUT2D eigenvalue weighted by Crippen LogP contribution is 2.37. The fourth-order valence-electron chi connectivity index (χ4n) is 3.46. The van der Waals surface area contributed by atoms with Crippen molar-refractivity contribution >= 4 is 11.6 Å². The molecule has 0 bridgehead atoms. The second-order valence-corrected chi connectivity index (χ2v) is 6.92. The Bertz CT molecular complexity index is 718. The molecule has 0 aliphatic carbocycles. The summed E-state index contributed by atoms with van der Waals surface area (Å²) in [6.45, 7) is 2.38. The third-order valence-corrected chi connectivity index (χ3v) is 4.75. The molecule has 4 heterocycles. The molecule has 1 atom stereocenters. The van der Waals surface area contributed by atoms with Crippen LogP contribution in [0.15, 0.2) is 36.8 Å². The van der Waals surface area contributed by atoms with Crippen LogP contribution in [0.4, 0.5) is 11.6 Å². The van der Waals surface area contributed by atoms with Crippen LogP contribution in [0.25, 0.3) is 0 Å². The van der Waals surface area contributed by atoms with Gasteiger partial charge in [0.2, 0.25) is 5.88 Å². The van der Waals surface area contributed by atoms with Gasteiger partial charge in [0.1, 0.15) is 29.7 Å². The zero-order chi connectivity index (χ0) is 17.3. The van der Waals surface area contributed by atoms with Gasteiger partial charge in [-0.05, 0) is 6.07 Å². The third-order valence-electron chi connectivity index (χ3n) is 4.75. The molecule has 0 aromatic carbocycles. The van der Waals surface area contributed by atoms with Gasteiger partial charge < -0.3 is 19.3 Å². The number of ether oxygens (including phenoxy) is 2. The number of aromatic nitrogens is 3. The zero-order valence-electron chi connectivity index (χ0n) is 14.6. The number of hydrogen-bond donors (Lipinski definition) is 0. The third kappa shape index (κ3) is 3.37. The Labute approximate surface area is 147 Å². The molecule has 132 valence electrons. The lowest BCUT2D eigenvalue weighted by Crippen LogP contribution is -2.66. The first-order chi connectivity index (χ1) is 12.1. The Morgan fingerprint density at radius 2 is 2.12 bits per heavy atom. The van der Waals surface area contributed by atoms with E-state index in [1.165, 1.54) is 0 Å². The second-order valence-electron chi connectivity index (χ2n) is 6.92. The Kier molecular flexibility index (Phi) is 4.17. The summed E-state index contributed by atoms with van der Waals surface area (Å²) in [6, 6.07) is 7.75. The van der Waals surface area contributed by atoms with Gasteiger partial charge in [0.05, 0.1) is 19.7 Å². The summed E-state index contributed by atoms with van der Waals surface area (Å²) in [7, 11) is 3.96. The van der Waals surface area contributed by atoms with Gasteiger partial charge in [0.25, 0.3) is 0 Å². The summed E-state index contributed by atoms with van der Waals surface area (Å²) in [4.78, 5) is 17.1. The highest BCUT2D eigenvalue weighted by molar-refractivity contribution is 5.52. The van der Waals surface area contributed by atoms with Crippen molar-refractivity contribution < 1.29 is 9.47 Å². The van der Waals surface area contributed by atoms with Crippen LogP contribution in [0, 0.1) is 0 Å². The van der Waals surface area contributed by atoms with Gasteiger partial charge in [-0.2, -0.15) is 0 Å². The molecule has 0 saturated carbocycles. The summed E-state index contributed by atoms with van der Waals surface area (Å²) >= 11 is 0. The minimum atomic E-state index is -0.138. The number of anilines is 2. The first kappa shape index (κ1) is 16.1. The minimum Gasteiger partial charge on any atom is -0.474 e. The molecule has 0 amide bonds. The van der Waals surface area contributed by atoms with Crippen LogP contribution >= 0.6 is 0 Å². The zero-order valence-corrected chi connectivity index (χ0v) is 14.6. The fourth-order valence-corrected chi connectivity index (χ4v) is 3.46. The molecular formula is C18H23N5O2. The van der Waals surface area contributed by atoms with E-state index in [9.17, 15) is 0 Å². The van der Waals surface area contributed by atoms with E-state index in [4.69, 9.17) is 9.47 Å². The lowest BCUT2D eigenvalue weighted by molar-refractivity contribution is -0.126. The molecule has 25 heavy (non-hydrogen) atoms. The van der Waals surface area contributed by atoms with Crippen molar-refractivity contribution in [1.82, 2.24) is 15.0 Å². The summed E-state index contributed by atoms with van der Waals surface area (Å²) in [5.74, 6) is 2.54. The molecule has 2 fully saturated rings. The normalized spacial score (nSPS) is 21.7. The summed E-state index contributed by atoms with van der Waals surface area (Å²) in [6.07, 6.45) is 5.30. The van der Waals surface area contributed by atoms with Gasteiger partial charge >= 0.3 is 0 Å². The average Bonchev–Trinajstić information content (AvgIpc) is 2.61. The van der Waals surface area contributed by atoms with Gasteiger partial charge in [-0.15, -0.1) is 0 Å². The van der Waals surface area contributed by atoms with Crippen molar-refractivity contribution in [2.24, 2.45) is 0 Å². The molecule has 2 aromatic rings. The lowest BCUT2D eigenvalue weighted by atomic mass is 9.84. The largest absolute Gasteiger partial charge is 0.474 e. The maximum atomic E-state index is 6.10. The predicted octanol–water partition coefficient (Wildman–Crippen LogP) is 1.75. The van der Waals surface area contributed by atoms with Gasteiger partial charge in [-0.1, -0.05) is 6.07 Å². The number of hydrogen-bond acceptors (Lipinski definition) is 7. The second kappa shape index (κ2) is 6.48. The molecule has 2 saturated heterocycles. The summed E-state index contributed by atoms with van der Waals surface area (Å²) in [5, 5.41) is 0. The molecule has 2 aliphatic heterocycles. The van der Waals surface area contributed by atoms with E-state index >= 15 is 0 Å². The standard InChI is InChI=1S/C18H23N5O2/c1-22(2)15-9-16(21-13-20-15)23-11-18(12-23)10-14(6-8-24-18)25-17-5-3-4-7-19-17/h3-5,7,9,13-14H,6,8,10-12H2,1-2H3/t14-/m1/s1. The van der Waals surface area contributed by atoms with E-state index in [0.717, 1.165) is 44.2 Å². The van der Waals surface area contributed by atoms with E-state index in [0.29, 0.717) is 5.88 Å². The van der Waals surface area contributed by atoms with Crippen LogP contribution in [0.1, 0.15) is 12.8 Å². The van der Waals surface area contributed by atoms with Crippen molar-refractivity contribution in [1.29, 1.82) is 0 Å². The molecular weight excluding hydrogens is 318 g/mol. The van der Waals surface area contributed by atoms with Crippen LogP contribution in [0.3, 0.4) is 0 Å². The summed E-state index contributed by atoms with van der Waals surface area (Å²) < 4.78 is 12.1. The number of pyridine rings is 1. The highest BCUT2D eigenvalue weighted by atomic mass is 16.5. The molecule has 0 N–H and O–H groups in total. The van der Waals surface area contributed by atoms with E-state index < -0.39 is 0 Å². The molecule has 1 spiro atoms. The lowest BCUT2D eigenvalue weighted by Gasteiger charge is -2.53. The molecule has 0 radical (unpaired) electrons. The highest BCUT2D eigenvalue weighted by Gasteiger charge is 2.48. The Morgan fingerprint density at radius 3 is 2.88 bits per heavy atom. The van der Waals surface area contributed by atoms with Crippen LogP contribution in [-0.2, 0) is 4.74 Å². The molecule has 0 unspecified atom stereocenters. The fraction of sp³-hybridized carbons (Fsp3) is 0.500. The Morgan fingerprint density at radius 1 is 1.24 bits per heavy atom. The van der Waals surface area contributed by atoms with E-state index in [-0.39, 0.29) is 11.7 Å². The van der Waals surface area contributed by atoms with Crippen LogP contribution in [0.2, 0.25) is 0 Å². The Hall–Kier alpha value is -2.41. The smallest absolute Gasteiger partial charge is 0.213 e. The summed E-state index contributed by atoms with van der Waals surface area (Å²) in [5.41, 5.74) is -0.138. The van der Waals surface area contributed by atoms with E-state index in [1.807, 2.05) is 43.3 Å². The first-order valence-electron chi connectivity index (χ1n) is 8.60. The minimum absolute atomic E-state index is 0.138.